The first-order valence-electron chi connectivity index (χ1n) is 7.46. The molecule has 1 unspecified atom stereocenters. The van der Waals surface area contributed by atoms with Crippen LogP contribution < -0.4 is 10.6 Å². The number of amides is 1. The molecule has 2 aromatic rings. The highest BCUT2D eigenvalue weighted by atomic mass is 32.1. The van der Waals surface area contributed by atoms with Gasteiger partial charge in [-0.05, 0) is 49.4 Å². The van der Waals surface area contributed by atoms with Crippen molar-refractivity contribution in [3.63, 3.8) is 0 Å². The smallest absolute Gasteiger partial charge is 0.224 e. The van der Waals surface area contributed by atoms with Crippen molar-refractivity contribution in [2.45, 2.75) is 19.3 Å². The van der Waals surface area contributed by atoms with E-state index in [1.807, 2.05) is 24.3 Å². The number of carbonyl (C=O) groups excluding carboxylic acids is 1. The van der Waals surface area contributed by atoms with Crippen LogP contribution in [-0.4, -0.2) is 19.0 Å². The van der Waals surface area contributed by atoms with Crippen LogP contribution in [0.3, 0.4) is 0 Å². The second-order valence-corrected chi connectivity index (χ2v) is 6.42. The van der Waals surface area contributed by atoms with E-state index in [1.165, 1.54) is 11.3 Å². The third-order valence-electron chi connectivity index (χ3n) is 3.93. The molecule has 0 bridgehead atoms. The summed E-state index contributed by atoms with van der Waals surface area (Å²) >= 11 is 1.69. The van der Waals surface area contributed by atoms with Gasteiger partial charge in [0, 0.05) is 22.5 Å². The van der Waals surface area contributed by atoms with Gasteiger partial charge in [0.25, 0.3) is 0 Å². The molecule has 1 aromatic heterocycles. The Bertz CT molecular complexity index is 589. The predicted molar refractivity (Wildman–Crippen MR) is 88.6 cm³/mol. The zero-order valence-electron chi connectivity index (χ0n) is 12.0. The highest BCUT2D eigenvalue weighted by molar-refractivity contribution is 7.13. The molecule has 1 saturated heterocycles. The Morgan fingerprint density at radius 1 is 1.29 bits per heavy atom. The molecular formula is C17H20N2OS. The molecular weight excluding hydrogens is 280 g/mol. The Morgan fingerprint density at radius 3 is 2.95 bits per heavy atom. The first-order chi connectivity index (χ1) is 10.3. The van der Waals surface area contributed by atoms with E-state index in [4.69, 9.17) is 0 Å². The summed E-state index contributed by atoms with van der Waals surface area (Å²) in [6.07, 6.45) is 2.77. The maximum Gasteiger partial charge on any atom is 0.224 e. The van der Waals surface area contributed by atoms with E-state index < -0.39 is 0 Å². The second kappa shape index (κ2) is 6.87. The van der Waals surface area contributed by atoms with Gasteiger partial charge in [-0.2, -0.15) is 0 Å². The zero-order valence-corrected chi connectivity index (χ0v) is 12.8. The van der Waals surface area contributed by atoms with E-state index >= 15 is 0 Å². The first-order valence-corrected chi connectivity index (χ1v) is 8.34. The molecule has 3 nitrogen and oxygen atoms in total. The van der Waals surface area contributed by atoms with Crippen LogP contribution in [0.4, 0.5) is 5.69 Å². The van der Waals surface area contributed by atoms with Crippen molar-refractivity contribution >= 4 is 22.9 Å². The van der Waals surface area contributed by atoms with Crippen molar-refractivity contribution in [1.29, 1.82) is 0 Å². The second-order valence-electron chi connectivity index (χ2n) is 5.47. The van der Waals surface area contributed by atoms with Crippen LogP contribution in [0.5, 0.6) is 0 Å². The van der Waals surface area contributed by atoms with Gasteiger partial charge in [-0.15, -0.1) is 11.3 Å². The number of thiophene rings is 1. The van der Waals surface area contributed by atoms with Gasteiger partial charge in [0.2, 0.25) is 5.91 Å². The van der Waals surface area contributed by atoms with Gasteiger partial charge in [0.15, 0.2) is 0 Å². The van der Waals surface area contributed by atoms with Gasteiger partial charge in [0.05, 0.1) is 0 Å². The SMILES string of the molecule is O=C(CCC1CCNC1)Nc1ccccc1-c1cccs1. The van der Waals surface area contributed by atoms with E-state index in [-0.39, 0.29) is 5.91 Å². The van der Waals surface area contributed by atoms with E-state index in [0.717, 1.165) is 30.8 Å². The molecule has 1 aliphatic heterocycles. The quantitative estimate of drug-likeness (QED) is 0.883. The molecule has 0 radical (unpaired) electrons. The molecule has 2 N–H and O–H groups in total. The van der Waals surface area contributed by atoms with Crippen LogP contribution in [0.25, 0.3) is 10.4 Å². The largest absolute Gasteiger partial charge is 0.325 e. The molecule has 110 valence electrons. The first kappa shape index (κ1) is 14.3. The van der Waals surface area contributed by atoms with Gasteiger partial charge in [-0.1, -0.05) is 24.3 Å². The lowest BCUT2D eigenvalue weighted by Gasteiger charge is -2.11. The summed E-state index contributed by atoms with van der Waals surface area (Å²) in [4.78, 5) is 13.3. The lowest BCUT2D eigenvalue weighted by atomic mass is 10.0. The molecule has 1 aromatic carbocycles. The fraction of sp³-hybridized carbons (Fsp3) is 0.353. The Kier molecular flexibility index (Phi) is 4.68. The van der Waals surface area contributed by atoms with Crippen molar-refractivity contribution in [3.05, 3.63) is 41.8 Å². The summed E-state index contributed by atoms with van der Waals surface area (Å²) in [5.41, 5.74) is 2.01. The standard InChI is InChI=1S/C17H20N2OS/c20-17(8-7-13-9-10-18-12-13)19-15-5-2-1-4-14(15)16-6-3-11-21-16/h1-6,11,13,18H,7-10,12H2,(H,19,20). The number of rotatable bonds is 5. The normalized spacial score (nSPS) is 17.8. The van der Waals surface area contributed by atoms with Crippen LogP contribution in [0.15, 0.2) is 41.8 Å². The molecule has 21 heavy (non-hydrogen) atoms. The fourth-order valence-electron chi connectivity index (χ4n) is 2.75. The number of para-hydroxylation sites is 1. The summed E-state index contributed by atoms with van der Waals surface area (Å²) in [5.74, 6) is 0.772. The van der Waals surface area contributed by atoms with Crippen LogP contribution in [-0.2, 0) is 4.79 Å². The number of nitrogens with one attached hydrogen (secondary N) is 2. The summed E-state index contributed by atoms with van der Waals surface area (Å²) in [7, 11) is 0. The van der Waals surface area contributed by atoms with Gasteiger partial charge in [-0.3, -0.25) is 4.79 Å². The minimum Gasteiger partial charge on any atom is -0.325 e. The third-order valence-corrected chi connectivity index (χ3v) is 4.83. The molecule has 0 aliphatic carbocycles. The molecule has 2 heterocycles. The molecule has 1 amide bonds. The van der Waals surface area contributed by atoms with E-state index in [2.05, 4.69) is 28.1 Å². The molecule has 0 spiro atoms. The predicted octanol–water partition coefficient (Wildman–Crippen LogP) is 3.74. The minimum atomic E-state index is 0.117. The Balaban J connectivity index is 1.63. The Hall–Kier alpha value is -1.65. The summed E-state index contributed by atoms with van der Waals surface area (Å²) in [6.45, 7) is 2.15. The molecule has 1 aliphatic rings. The Labute approximate surface area is 129 Å². The van der Waals surface area contributed by atoms with Gasteiger partial charge in [-0.25, -0.2) is 0 Å². The number of anilines is 1. The summed E-state index contributed by atoms with van der Waals surface area (Å²) in [6, 6.07) is 12.1. The van der Waals surface area contributed by atoms with Crippen molar-refractivity contribution in [3.8, 4) is 10.4 Å². The number of benzene rings is 1. The van der Waals surface area contributed by atoms with Crippen LogP contribution >= 0.6 is 11.3 Å². The Morgan fingerprint density at radius 2 is 2.19 bits per heavy atom. The molecule has 4 heteroatoms. The van der Waals surface area contributed by atoms with E-state index in [0.29, 0.717) is 12.3 Å². The van der Waals surface area contributed by atoms with Gasteiger partial charge >= 0.3 is 0 Å². The maximum absolute atomic E-state index is 12.2. The highest BCUT2D eigenvalue weighted by Gasteiger charge is 2.16. The summed E-state index contributed by atoms with van der Waals surface area (Å²) < 4.78 is 0. The third kappa shape index (κ3) is 3.71. The van der Waals surface area contributed by atoms with Crippen molar-refractivity contribution in [1.82, 2.24) is 5.32 Å². The number of hydrogen-bond acceptors (Lipinski definition) is 3. The lowest BCUT2D eigenvalue weighted by Crippen LogP contribution is -2.15. The van der Waals surface area contributed by atoms with Crippen LogP contribution in [0.2, 0.25) is 0 Å². The number of carbonyl (C=O) groups is 1. The zero-order chi connectivity index (χ0) is 14.5. The fourth-order valence-corrected chi connectivity index (χ4v) is 3.51. The number of hydrogen-bond donors (Lipinski definition) is 2. The van der Waals surface area contributed by atoms with Crippen molar-refractivity contribution in [2.24, 2.45) is 5.92 Å². The van der Waals surface area contributed by atoms with Crippen molar-refractivity contribution in [2.75, 3.05) is 18.4 Å². The van der Waals surface area contributed by atoms with Gasteiger partial charge < -0.3 is 10.6 Å². The van der Waals surface area contributed by atoms with Crippen molar-refractivity contribution < 1.29 is 4.79 Å². The topological polar surface area (TPSA) is 41.1 Å². The maximum atomic E-state index is 12.2. The van der Waals surface area contributed by atoms with Gasteiger partial charge in [0.1, 0.15) is 0 Å². The molecule has 3 rings (SSSR count). The van der Waals surface area contributed by atoms with Crippen LogP contribution in [0.1, 0.15) is 19.3 Å². The van der Waals surface area contributed by atoms with Crippen LogP contribution in [0, 0.1) is 5.92 Å². The van der Waals surface area contributed by atoms with E-state index in [9.17, 15) is 4.79 Å². The monoisotopic (exact) mass is 300 g/mol. The average Bonchev–Trinajstić information content (AvgIpc) is 3.19. The van der Waals surface area contributed by atoms with E-state index in [1.54, 1.807) is 11.3 Å². The molecule has 1 atom stereocenters. The average molecular weight is 300 g/mol. The molecule has 1 fully saturated rings. The highest BCUT2D eigenvalue weighted by Crippen LogP contribution is 2.31. The minimum absolute atomic E-state index is 0.117. The summed E-state index contributed by atoms with van der Waals surface area (Å²) in [5, 5.41) is 8.47. The molecule has 0 saturated carbocycles. The lowest BCUT2D eigenvalue weighted by molar-refractivity contribution is -0.116.